The number of carbonyl (C=O) groups excluding carboxylic acids is 2. The van der Waals surface area contributed by atoms with Gasteiger partial charge in [0.15, 0.2) is 0 Å². The van der Waals surface area contributed by atoms with Gasteiger partial charge in [0.25, 0.3) is 0 Å². The third kappa shape index (κ3) is 10.9. The number of aliphatic imine (C=N–C) groups is 1. The minimum atomic E-state index is -0.810. The number of benzene rings is 1. The number of carbonyl (C=O) groups is 2. The van der Waals surface area contributed by atoms with Gasteiger partial charge in [-0.25, -0.2) is 9.59 Å². The van der Waals surface area contributed by atoms with Crippen LogP contribution in [0.5, 0.6) is 0 Å². The Balaban J connectivity index is 3.16. The summed E-state index contributed by atoms with van der Waals surface area (Å²) in [5.41, 5.74) is -0.310. The molecule has 0 saturated carbocycles. The second-order valence-corrected chi connectivity index (χ2v) is 9.83. The zero-order chi connectivity index (χ0) is 24.5. The maximum absolute atomic E-state index is 12.4. The van der Waals surface area contributed by atoms with Crippen molar-refractivity contribution in [2.75, 3.05) is 7.05 Å². The summed E-state index contributed by atoms with van der Waals surface area (Å²) in [6, 6.07) is 9.63. The first-order valence-electron chi connectivity index (χ1n) is 10.7. The normalized spacial score (nSPS) is 13.0. The van der Waals surface area contributed by atoms with Crippen molar-refractivity contribution in [3.8, 4) is 11.8 Å². The van der Waals surface area contributed by atoms with Crippen molar-refractivity contribution in [3.63, 3.8) is 0 Å². The maximum Gasteiger partial charge on any atom is 0.437 e. The molecular weight excluding hydrogens is 406 g/mol. The number of hydrogen-bond acceptors (Lipinski definition) is 4. The molecule has 0 aliphatic heterocycles. The van der Waals surface area contributed by atoms with Crippen molar-refractivity contribution in [1.82, 2.24) is 10.2 Å². The first kappa shape index (κ1) is 27.0. The van der Waals surface area contributed by atoms with E-state index in [1.54, 1.807) is 53.5 Å². The van der Waals surface area contributed by atoms with Crippen LogP contribution in [0.3, 0.4) is 0 Å². The molecule has 7 nitrogen and oxygen atoms in total. The summed E-state index contributed by atoms with van der Waals surface area (Å²) < 4.78 is 10.6. The molecule has 0 radical (unpaired) electrons. The van der Waals surface area contributed by atoms with Crippen LogP contribution in [-0.4, -0.2) is 47.3 Å². The fraction of sp³-hybridized carbons (Fsp3) is 0.560. The smallest absolute Gasteiger partial charge is 0.437 e. The van der Waals surface area contributed by atoms with E-state index >= 15 is 0 Å². The zero-order valence-corrected chi connectivity index (χ0v) is 20.8. The van der Waals surface area contributed by atoms with Crippen LogP contribution in [0.15, 0.2) is 35.3 Å². The van der Waals surface area contributed by atoms with Gasteiger partial charge in [-0.2, -0.15) is 0 Å². The van der Waals surface area contributed by atoms with Gasteiger partial charge in [0.05, 0.1) is 6.04 Å². The molecule has 0 aromatic heterocycles. The standard InChI is InChI=1S/C25H37N3O4/c1-18(2)20(17-13-16-19-14-11-10-12-15-19)28(9)21(26-22(29)31-24(3,4)5)27-23(30)32-25(6,7)8/h10-12,14-15,18,20H,16H2,1-9H3,(H,26,27,29,30). The van der Waals surface area contributed by atoms with Gasteiger partial charge in [0.2, 0.25) is 5.96 Å². The molecule has 7 heteroatoms. The second kappa shape index (κ2) is 11.6. The molecule has 1 unspecified atom stereocenters. The van der Waals surface area contributed by atoms with Crippen LogP contribution >= 0.6 is 0 Å². The van der Waals surface area contributed by atoms with E-state index < -0.39 is 23.4 Å². The van der Waals surface area contributed by atoms with Gasteiger partial charge >= 0.3 is 12.2 Å². The molecule has 0 heterocycles. The van der Waals surface area contributed by atoms with Gasteiger partial charge in [-0.1, -0.05) is 56.0 Å². The molecule has 0 bridgehead atoms. The van der Waals surface area contributed by atoms with Gasteiger partial charge in [-0.3, -0.25) is 5.32 Å². The minimum Gasteiger partial charge on any atom is -0.444 e. The van der Waals surface area contributed by atoms with Crippen LogP contribution < -0.4 is 5.32 Å². The first-order chi connectivity index (χ1) is 14.7. The lowest BCUT2D eigenvalue weighted by atomic mass is 10.0. The summed E-state index contributed by atoms with van der Waals surface area (Å²) in [6.45, 7) is 14.5. The summed E-state index contributed by atoms with van der Waals surface area (Å²) in [6.07, 6.45) is -0.933. The fourth-order valence-electron chi connectivity index (χ4n) is 2.66. The van der Waals surface area contributed by atoms with E-state index in [4.69, 9.17) is 9.47 Å². The average Bonchev–Trinajstić information content (AvgIpc) is 2.61. The number of hydrogen-bond donors (Lipinski definition) is 1. The quantitative estimate of drug-likeness (QED) is 0.404. The molecular formula is C25H37N3O4. The molecule has 176 valence electrons. The van der Waals surface area contributed by atoms with E-state index in [2.05, 4.69) is 22.2 Å². The Morgan fingerprint density at radius 2 is 1.59 bits per heavy atom. The Morgan fingerprint density at radius 3 is 2.09 bits per heavy atom. The van der Waals surface area contributed by atoms with Gasteiger partial charge in [0, 0.05) is 13.5 Å². The Bertz CT molecular complexity index is 853. The van der Waals surface area contributed by atoms with E-state index in [0.717, 1.165) is 5.56 Å². The van der Waals surface area contributed by atoms with Gasteiger partial charge < -0.3 is 14.4 Å². The molecule has 32 heavy (non-hydrogen) atoms. The number of rotatable bonds is 3. The van der Waals surface area contributed by atoms with Crippen LogP contribution in [-0.2, 0) is 15.9 Å². The number of nitrogens with one attached hydrogen (secondary N) is 1. The van der Waals surface area contributed by atoms with Crippen molar-refractivity contribution in [2.45, 2.75) is 79.1 Å². The van der Waals surface area contributed by atoms with Crippen molar-refractivity contribution < 1.29 is 19.1 Å². The topological polar surface area (TPSA) is 80.2 Å². The fourth-order valence-corrected chi connectivity index (χ4v) is 2.66. The summed E-state index contributed by atoms with van der Waals surface area (Å²) in [5.74, 6) is 6.54. The lowest BCUT2D eigenvalue weighted by Crippen LogP contribution is -2.50. The van der Waals surface area contributed by atoms with Crippen molar-refractivity contribution in [1.29, 1.82) is 0 Å². The number of amides is 2. The van der Waals surface area contributed by atoms with E-state index in [9.17, 15) is 9.59 Å². The van der Waals surface area contributed by atoms with Crippen LogP contribution in [0.4, 0.5) is 9.59 Å². The Morgan fingerprint density at radius 1 is 1.03 bits per heavy atom. The Labute approximate surface area is 192 Å². The number of guanidine groups is 1. The highest BCUT2D eigenvalue weighted by Crippen LogP contribution is 2.13. The summed E-state index contributed by atoms with van der Waals surface area (Å²) in [7, 11) is 1.72. The van der Waals surface area contributed by atoms with Crippen molar-refractivity contribution in [2.24, 2.45) is 10.9 Å². The SMILES string of the molecule is CC(C)C(C#CCc1ccccc1)N(C)/C(=N\C(=O)OC(C)(C)C)NC(=O)OC(C)(C)C. The lowest BCUT2D eigenvalue weighted by molar-refractivity contribution is 0.0553. The Hall–Kier alpha value is -3.01. The maximum atomic E-state index is 12.4. The lowest BCUT2D eigenvalue weighted by Gasteiger charge is -2.30. The molecule has 0 fully saturated rings. The average molecular weight is 444 g/mol. The Kier molecular flexibility index (Phi) is 9.77. The van der Waals surface area contributed by atoms with Crippen LogP contribution in [0, 0.1) is 17.8 Å². The largest absolute Gasteiger partial charge is 0.444 e. The van der Waals surface area contributed by atoms with E-state index in [0.29, 0.717) is 6.42 Å². The van der Waals surface area contributed by atoms with Gasteiger partial charge in [-0.15, -0.1) is 4.99 Å². The molecule has 0 saturated heterocycles. The predicted molar refractivity (Wildman–Crippen MR) is 127 cm³/mol. The summed E-state index contributed by atoms with van der Waals surface area (Å²) in [5, 5.41) is 2.58. The molecule has 1 atom stereocenters. The highest BCUT2D eigenvalue weighted by Gasteiger charge is 2.26. The molecule has 1 N–H and O–H groups in total. The highest BCUT2D eigenvalue weighted by molar-refractivity contribution is 5.99. The van der Waals surface area contributed by atoms with E-state index in [-0.39, 0.29) is 17.9 Å². The molecule has 1 aromatic carbocycles. The van der Waals surface area contributed by atoms with Crippen LogP contribution in [0.2, 0.25) is 0 Å². The predicted octanol–water partition coefficient (Wildman–Crippen LogP) is 5.00. The monoisotopic (exact) mass is 443 g/mol. The molecule has 1 rings (SSSR count). The first-order valence-corrected chi connectivity index (χ1v) is 10.7. The highest BCUT2D eigenvalue weighted by atomic mass is 16.6. The second-order valence-electron chi connectivity index (χ2n) is 9.83. The van der Waals surface area contributed by atoms with E-state index in [1.807, 2.05) is 44.2 Å². The van der Waals surface area contributed by atoms with Crippen LogP contribution in [0.25, 0.3) is 0 Å². The number of ether oxygens (including phenoxy) is 2. The molecule has 1 aromatic rings. The van der Waals surface area contributed by atoms with E-state index in [1.165, 1.54) is 0 Å². The third-order valence-electron chi connectivity index (χ3n) is 3.97. The van der Waals surface area contributed by atoms with Crippen LogP contribution in [0.1, 0.15) is 61.0 Å². The van der Waals surface area contributed by atoms with Crippen molar-refractivity contribution >= 4 is 18.1 Å². The zero-order valence-electron chi connectivity index (χ0n) is 20.8. The number of alkyl carbamates (subject to hydrolysis) is 1. The molecule has 0 spiro atoms. The minimum absolute atomic E-state index is 0.0150. The summed E-state index contributed by atoms with van der Waals surface area (Å²) in [4.78, 5) is 30.4. The molecule has 0 aliphatic carbocycles. The molecule has 2 amide bonds. The van der Waals surface area contributed by atoms with Gasteiger partial charge in [0.1, 0.15) is 11.2 Å². The third-order valence-corrected chi connectivity index (χ3v) is 3.97. The van der Waals surface area contributed by atoms with Gasteiger partial charge in [-0.05, 0) is 53.0 Å². The number of nitrogens with zero attached hydrogens (tertiary/aromatic N) is 2. The van der Waals surface area contributed by atoms with Crippen molar-refractivity contribution in [3.05, 3.63) is 35.9 Å². The molecule has 0 aliphatic rings. The summed E-state index contributed by atoms with van der Waals surface area (Å²) >= 11 is 0.